The highest BCUT2D eigenvalue weighted by Gasteiger charge is 2.17. The molecule has 0 saturated carbocycles. The third-order valence-electron chi connectivity index (χ3n) is 2.49. The van der Waals surface area contributed by atoms with Gasteiger partial charge >= 0.3 is 0 Å². The Bertz CT molecular complexity index is 328. The molecule has 90 valence electrons. The molecule has 4 heteroatoms. The Morgan fingerprint density at radius 2 is 1.94 bits per heavy atom. The first-order valence-corrected chi connectivity index (χ1v) is 5.15. The van der Waals surface area contributed by atoms with Crippen LogP contribution in [-0.2, 0) is 4.74 Å². The monoisotopic (exact) mass is 225 g/mol. The second kappa shape index (κ2) is 6.35. The number of hydrogen-bond acceptors (Lipinski definition) is 4. The molecule has 0 fully saturated rings. The smallest absolute Gasteiger partial charge is 0.165 e. The Morgan fingerprint density at radius 1 is 1.19 bits per heavy atom. The van der Waals surface area contributed by atoms with E-state index < -0.39 is 0 Å². The lowest BCUT2D eigenvalue weighted by atomic mass is 10.1. The van der Waals surface area contributed by atoms with Crippen molar-refractivity contribution in [2.45, 2.75) is 6.04 Å². The van der Waals surface area contributed by atoms with Crippen LogP contribution in [-0.4, -0.2) is 35.0 Å². The molecule has 1 atom stereocenters. The minimum Gasteiger partial charge on any atom is -0.493 e. The second-order valence-electron chi connectivity index (χ2n) is 3.38. The zero-order valence-corrected chi connectivity index (χ0v) is 10.2. The molecule has 16 heavy (non-hydrogen) atoms. The van der Waals surface area contributed by atoms with Crippen molar-refractivity contribution >= 4 is 0 Å². The molecule has 0 aliphatic rings. The highest BCUT2D eigenvalue weighted by Crippen LogP contribution is 2.34. The van der Waals surface area contributed by atoms with E-state index in [4.69, 9.17) is 14.2 Å². The summed E-state index contributed by atoms with van der Waals surface area (Å²) in [5, 5.41) is 3.18. The molecule has 1 N–H and O–H groups in total. The van der Waals surface area contributed by atoms with E-state index in [9.17, 15) is 0 Å². The standard InChI is InChI=1S/C12H19NO3/c1-13-10(8-14-2)9-6-5-7-11(15-3)12(9)16-4/h5-7,10,13H,8H2,1-4H3. The molecule has 0 saturated heterocycles. The zero-order valence-electron chi connectivity index (χ0n) is 10.2. The molecule has 0 heterocycles. The third kappa shape index (κ3) is 2.65. The molecule has 0 spiro atoms. The van der Waals surface area contributed by atoms with E-state index in [-0.39, 0.29) is 6.04 Å². The Balaban J connectivity index is 3.09. The molecule has 0 aliphatic heterocycles. The van der Waals surface area contributed by atoms with Crippen molar-refractivity contribution in [3.05, 3.63) is 23.8 Å². The van der Waals surface area contributed by atoms with Gasteiger partial charge < -0.3 is 19.5 Å². The maximum atomic E-state index is 5.38. The normalized spacial score (nSPS) is 12.2. The van der Waals surface area contributed by atoms with E-state index in [1.54, 1.807) is 21.3 Å². The molecular weight excluding hydrogens is 206 g/mol. The van der Waals surface area contributed by atoms with E-state index >= 15 is 0 Å². The summed E-state index contributed by atoms with van der Waals surface area (Å²) >= 11 is 0. The summed E-state index contributed by atoms with van der Waals surface area (Å²) in [6.07, 6.45) is 0. The molecule has 1 aromatic carbocycles. The van der Waals surface area contributed by atoms with Crippen molar-refractivity contribution < 1.29 is 14.2 Å². The fourth-order valence-electron chi connectivity index (χ4n) is 1.68. The van der Waals surface area contributed by atoms with Gasteiger partial charge in [-0.2, -0.15) is 0 Å². The van der Waals surface area contributed by atoms with Gasteiger partial charge in [-0.1, -0.05) is 12.1 Å². The lowest BCUT2D eigenvalue weighted by Crippen LogP contribution is -2.21. The molecular formula is C12H19NO3. The lowest BCUT2D eigenvalue weighted by Gasteiger charge is -2.20. The van der Waals surface area contributed by atoms with Crippen LogP contribution in [0.25, 0.3) is 0 Å². The Kier molecular flexibility index (Phi) is 5.08. The molecule has 0 aliphatic carbocycles. The topological polar surface area (TPSA) is 39.7 Å². The molecule has 1 rings (SSSR count). The maximum absolute atomic E-state index is 5.38. The van der Waals surface area contributed by atoms with Crippen molar-refractivity contribution in [1.29, 1.82) is 0 Å². The SMILES string of the molecule is CNC(COC)c1cccc(OC)c1OC. The zero-order chi connectivity index (χ0) is 12.0. The largest absolute Gasteiger partial charge is 0.493 e. The van der Waals surface area contributed by atoms with Crippen LogP contribution >= 0.6 is 0 Å². The predicted octanol–water partition coefficient (Wildman–Crippen LogP) is 1.61. The van der Waals surface area contributed by atoms with Gasteiger partial charge in [0.15, 0.2) is 11.5 Å². The van der Waals surface area contributed by atoms with Crippen molar-refractivity contribution in [3.63, 3.8) is 0 Å². The van der Waals surface area contributed by atoms with Gasteiger partial charge in [-0.15, -0.1) is 0 Å². The number of benzene rings is 1. The van der Waals surface area contributed by atoms with Crippen LogP contribution in [0.2, 0.25) is 0 Å². The third-order valence-corrected chi connectivity index (χ3v) is 2.49. The lowest BCUT2D eigenvalue weighted by molar-refractivity contribution is 0.168. The number of para-hydroxylation sites is 1. The summed E-state index contributed by atoms with van der Waals surface area (Å²) in [5.41, 5.74) is 1.03. The van der Waals surface area contributed by atoms with Gasteiger partial charge in [-0.25, -0.2) is 0 Å². The molecule has 0 amide bonds. The first-order chi connectivity index (χ1) is 7.78. The van der Waals surface area contributed by atoms with E-state index in [1.165, 1.54) is 0 Å². The average Bonchev–Trinajstić information content (AvgIpc) is 2.34. The average molecular weight is 225 g/mol. The molecule has 0 bridgehead atoms. The Hall–Kier alpha value is -1.26. The molecule has 1 aromatic rings. The number of methoxy groups -OCH3 is 3. The fourth-order valence-corrected chi connectivity index (χ4v) is 1.68. The van der Waals surface area contributed by atoms with Crippen LogP contribution in [0.4, 0.5) is 0 Å². The number of rotatable bonds is 6. The van der Waals surface area contributed by atoms with E-state index in [0.717, 1.165) is 17.1 Å². The molecule has 0 aromatic heterocycles. The summed E-state index contributed by atoms with van der Waals surface area (Å²) < 4.78 is 15.8. The summed E-state index contributed by atoms with van der Waals surface area (Å²) in [7, 11) is 6.84. The van der Waals surface area contributed by atoms with Crippen molar-refractivity contribution in [1.82, 2.24) is 5.32 Å². The predicted molar refractivity (Wildman–Crippen MR) is 63.2 cm³/mol. The summed E-state index contributed by atoms with van der Waals surface area (Å²) in [5.74, 6) is 1.48. The van der Waals surface area contributed by atoms with Crippen LogP contribution in [0.15, 0.2) is 18.2 Å². The maximum Gasteiger partial charge on any atom is 0.165 e. The van der Waals surface area contributed by atoms with Gasteiger partial charge in [0.1, 0.15) is 0 Å². The molecule has 1 unspecified atom stereocenters. The van der Waals surface area contributed by atoms with Crippen molar-refractivity contribution in [2.75, 3.05) is 35.0 Å². The van der Waals surface area contributed by atoms with Gasteiger partial charge in [-0.05, 0) is 13.1 Å². The number of nitrogens with one attached hydrogen (secondary N) is 1. The molecule has 0 radical (unpaired) electrons. The van der Waals surface area contributed by atoms with Crippen LogP contribution in [0.1, 0.15) is 11.6 Å². The number of hydrogen-bond donors (Lipinski definition) is 1. The minimum atomic E-state index is 0.0926. The van der Waals surface area contributed by atoms with E-state index in [1.807, 2.05) is 25.2 Å². The van der Waals surface area contributed by atoms with Gasteiger partial charge in [0.2, 0.25) is 0 Å². The van der Waals surface area contributed by atoms with Crippen LogP contribution < -0.4 is 14.8 Å². The second-order valence-corrected chi connectivity index (χ2v) is 3.38. The van der Waals surface area contributed by atoms with E-state index in [2.05, 4.69) is 5.32 Å². The van der Waals surface area contributed by atoms with Gasteiger partial charge in [0.25, 0.3) is 0 Å². The molecule has 4 nitrogen and oxygen atoms in total. The first-order valence-electron chi connectivity index (χ1n) is 5.15. The highest BCUT2D eigenvalue weighted by molar-refractivity contribution is 5.48. The first kappa shape index (κ1) is 12.8. The summed E-state index contributed by atoms with van der Waals surface area (Å²) in [4.78, 5) is 0. The summed E-state index contributed by atoms with van der Waals surface area (Å²) in [6.45, 7) is 0.583. The number of likely N-dealkylation sites (N-methyl/N-ethyl adjacent to an activating group) is 1. The van der Waals surface area contributed by atoms with Gasteiger partial charge in [0, 0.05) is 12.7 Å². The summed E-state index contributed by atoms with van der Waals surface area (Å²) in [6, 6.07) is 5.91. The van der Waals surface area contributed by atoms with Gasteiger partial charge in [-0.3, -0.25) is 0 Å². The quantitative estimate of drug-likeness (QED) is 0.798. The van der Waals surface area contributed by atoms with Crippen LogP contribution in [0.3, 0.4) is 0 Å². The van der Waals surface area contributed by atoms with Gasteiger partial charge in [0.05, 0.1) is 26.9 Å². The van der Waals surface area contributed by atoms with Crippen LogP contribution in [0.5, 0.6) is 11.5 Å². The Morgan fingerprint density at radius 3 is 2.44 bits per heavy atom. The minimum absolute atomic E-state index is 0.0926. The fraction of sp³-hybridized carbons (Fsp3) is 0.500. The van der Waals surface area contributed by atoms with Crippen molar-refractivity contribution in [3.8, 4) is 11.5 Å². The Labute approximate surface area is 96.5 Å². The highest BCUT2D eigenvalue weighted by atomic mass is 16.5. The van der Waals surface area contributed by atoms with E-state index in [0.29, 0.717) is 6.61 Å². The van der Waals surface area contributed by atoms with Crippen molar-refractivity contribution in [2.24, 2.45) is 0 Å². The number of ether oxygens (including phenoxy) is 3. The van der Waals surface area contributed by atoms with Crippen LogP contribution in [0, 0.1) is 0 Å².